The molecule has 0 radical (unpaired) electrons. The molecule has 0 unspecified atom stereocenters. The summed E-state index contributed by atoms with van der Waals surface area (Å²) in [6.45, 7) is 8.37. The van der Waals surface area contributed by atoms with Crippen molar-refractivity contribution in [3.05, 3.63) is 0 Å². The van der Waals surface area contributed by atoms with Gasteiger partial charge in [0.1, 0.15) is 0 Å². The zero-order valence-electron chi connectivity index (χ0n) is 13.7. The Morgan fingerprint density at radius 3 is 2.25 bits per heavy atom. The highest BCUT2D eigenvalue weighted by atomic mass is 16.4. The van der Waals surface area contributed by atoms with E-state index in [-0.39, 0.29) is 17.7 Å². The zero-order chi connectivity index (χ0) is 15.8. The van der Waals surface area contributed by atoms with Crippen molar-refractivity contribution in [2.45, 2.75) is 46.5 Å². The Kier molecular flexibility index (Phi) is 7.79. The molecule has 0 atom stereocenters. The molecule has 0 aliphatic carbocycles. The van der Waals surface area contributed by atoms with Crippen molar-refractivity contribution in [2.24, 2.45) is 5.41 Å². The highest BCUT2D eigenvalue weighted by molar-refractivity contribution is 5.81. The molecule has 5 nitrogen and oxygen atoms in total. The number of nitrogens with zero attached hydrogens (tertiary/aromatic N) is 1. The number of unbranched alkanes of at least 4 members (excludes halogenated alkanes) is 1. The SMILES string of the molecule is CCC(C)(C)C(=O)NCC[N+](C)(C)CCCCC(=O)O. The van der Waals surface area contributed by atoms with Crippen molar-refractivity contribution in [1.82, 2.24) is 5.32 Å². The van der Waals surface area contributed by atoms with Gasteiger partial charge < -0.3 is 14.9 Å². The molecule has 0 heterocycles. The van der Waals surface area contributed by atoms with Crippen molar-refractivity contribution < 1.29 is 19.2 Å². The Morgan fingerprint density at radius 2 is 1.75 bits per heavy atom. The number of amides is 1. The van der Waals surface area contributed by atoms with Crippen molar-refractivity contribution >= 4 is 11.9 Å². The first-order chi connectivity index (χ1) is 9.10. The van der Waals surface area contributed by atoms with Crippen LogP contribution in [-0.4, -0.2) is 55.2 Å². The maximum atomic E-state index is 11.9. The maximum Gasteiger partial charge on any atom is 0.303 e. The number of hydrogen-bond donors (Lipinski definition) is 2. The highest BCUT2D eigenvalue weighted by Gasteiger charge is 2.25. The van der Waals surface area contributed by atoms with Gasteiger partial charge in [0, 0.05) is 11.8 Å². The lowest BCUT2D eigenvalue weighted by molar-refractivity contribution is -0.889. The Morgan fingerprint density at radius 1 is 1.15 bits per heavy atom. The monoisotopic (exact) mass is 287 g/mol. The van der Waals surface area contributed by atoms with Gasteiger partial charge in [-0.05, 0) is 19.3 Å². The van der Waals surface area contributed by atoms with Crippen LogP contribution in [0.25, 0.3) is 0 Å². The molecule has 118 valence electrons. The van der Waals surface area contributed by atoms with Gasteiger partial charge in [0.05, 0.1) is 33.7 Å². The second-order valence-corrected chi connectivity index (χ2v) is 6.73. The van der Waals surface area contributed by atoms with E-state index in [1.54, 1.807) is 0 Å². The third-order valence-electron chi connectivity index (χ3n) is 3.91. The summed E-state index contributed by atoms with van der Waals surface area (Å²) in [7, 11) is 4.22. The van der Waals surface area contributed by atoms with Gasteiger partial charge in [-0.15, -0.1) is 0 Å². The fourth-order valence-electron chi connectivity index (χ4n) is 1.80. The Labute approximate surface area is 122 Å². The number of carboxylic acids is 1. The van der Waals surface area contributed by atoms with Gasteiger partial charge >= 0.3 is 5.97 Å². The Bertz CT molecular complexity index is 325. The number of rotatable bonds is 10. The molecule has 20 heavy (non-hydrogen) atoms. The summed E-state index contributed by atoms with van der Waals surface area (Å²) in [6.07, 6.45) is 2.67. The van der Waals surface area contributed by atoms with Gasteiger partial charge in [-0.25, -0.2) is 0 Å². The molecule has 0 aliphatic rings. The fourth-order valence-corrected chi connectivity index (χ4v) is 1.80. The van der Waals surface area contributed by atoms with Crippen molar-refractivity contribution in [3.63, 3.8) is 0 Å². The largest absolute Gasteiger partial charge is 0.481 e. The van der Waals surface area contributed by atoms with Gasteiger partial charge in [0.2, 0.25) is 5.91 Å². The summed E-state index contributed by atoms with van der Waals surface area (Å²) in [5, 5.41) is 11.6. The predicted octanol–water partition coefficient (Wildman–Crippen LogP) is 1.87. The first-order valence-corrected chi connectivity index (χ1v) is 7.43. The van der Waals surface area contributed by atoms with Crippen LogP contribution < -0.4 is 5.32 Å². The number of likely N-dealkylation sites (N-methyl/N-ethyl adjacent to an activating group) is 1. The number of carbonyl (C=O) groups excluding carboxylic acids is 1. The fraction of sp³-hybridized carbons (Fsp3) is 0.867. The molecular weight excluding hydrogens is 256 g/mol. The number of carboxylic acid groups (broad SMARTS) is 1. The van der Waals surface area contributed by atoms with Crippen LogP contribution in [0.2, 0.25) is 0 Å². The summed E-state index contributed by atoms with van der Waals surface area (Å²) in [6, 6.07) is 0. The number of quaternary nitrogens is 1. The van der Waals surface area contributed by atoms with E-state index in [1.807, 2.05) is 20.8 Å². The average Bonchev–Trinajstić information content (AvgIpc) is 2.34. The van der Waals surface area contributed by atoms with Crippen LogP contribution in [0.1, 0.15) is 46.5 Å². The summed E-state index contributed by atoms with van der Waals surface area (Å²) >= 11 is 0. The molecule has 0 aromatic heterocycles. The Hall–Kier alpha value is -1.10. The van der Waals surface area contributed by atoms with E-state index >= 15 is 0 Å². The van der Waals surface area contributed by atoms with E-state index in [4.69, 9.17) is 5.11 Å². The molecule has 0 aromatic rings. The van der Waals surface area contributed by atoms with Gasteiger partial charge in [0.25, 0.3) is 0 Å². The van der Waals surface area contributed by atoms with E-state index in [9.17, 15) is 9.59 Å². The molecule has 0 rings (SSSR count). The second kappa shape index (κ2) is 8.25. The first kappa shape index (κ1) is 18.9. The quantitative estimate of drug-likeness (QED) is 0.476. The minimum absolute atomic E-state index is 0.103. The molecule has 0 spiro atoms. The molecule has 0 aliphatic heterocycles. The first-order valence-electron chi connectivity index (χ1n) is 7.43. The van der Waals surface area contributed by atoms with Crippen LogP contribution in [0.3, 0.4) is 0 Å². The van der Waals surface area contributed by atoms with Crippen LogP contribution in [0, 0.1) is 5.41 Å². The smallest absolute Gasteiger partial charge is 0.303 e. The summed E-state index contributed by atoms with van der Waals surface area (Å²) in [4.78, 5) is 22.4. The molecule has 0 aromatic carbocycles. The number of hydrogen-bond acceptors (Lipinski definition) is 2. The summed E-state index contributed by atoms with van der Waals surface area (Å²) < 4.78 is 0.798. The van der Waals surface area contributed by atoms with Crippen LogP contribution >= 0.6 is 0 Å². The van der Waals surface area contributed by atoms with Crippen LogP contribution in [0.5, 0.6) is 0 Å². The summed E-state index contributed by atoms with van der Waals surface area (Å²) in [5.41, 5.74) is -0.307. The van der Waals surface area contributed by atoms with Crippen molar-refractivity contribution in [1.29, 1.82) is 0 Å². The van der Waals surface area contributed by atoms with Crippen LogP contribution in [-0.2, 0) is 9.59 Å². The van der Waals surface area contributed by atoms with Crippen molar-refractivity contribution in [3.8, 4) is 0 Å². The van der Waals surface area contributed by atoms with E-state index in [0.29, 0.717) is 13.0 Å². The van der Waals surface area contributed by atoms with Gasteiger partial charge in [0.15, 0.2) is 0 Å². The standard InChI is InChI=1S/C15H30N2O3/c1-6-15(2,3)14(20)16-10-12-17(4,5)11-8-7-9-13(18)19/h6-12H2,1-5H3,(H-,16,18,19,20)/p+1. The van der Waals surface area contributed by atoms with E-state index in [0.717, 1.165) is 30.4 Å². The molecule has 5 heteroatoms. The van der Waals surface area contributed by atoms with E-state index in [1.165, 1.54) is 0 Å². The molecular formula is C15H31N2O3+. The van der Waals surface area contributed by atoms with Gasteiger partial charge in [-0.2, -0.15) is 0 Å². The molecule has 0 bridgehead atoms. The maximum absolute atomic E-state index is 11.9. The molecule has 1 amide bonds. The van der Waals surface area contributed by atoms with Crippen molar-refractivity contribution in [2.75, 3.05) is 33.7 Å². The molecule has 0 fully saturated rings. The molecule has 0 saturated heterocycles. The number of nitrogens with one attached hydrogen (secondary N) is 1. The van der Waals surface area contributed by atoms with E-state index < -0.39 is 5.97 Å². The number of aliphatic carboxylic acids is 1. The predicted molar refractivity (Wildman–Crippen MR) is 80.4 cm³/mol. The zero-order valence-corrected chi connectivity index (χ0v) is 13.7. The van der Waals surface area contributed by atoms with Crippen LogP contribution in [0.15, 0.2) is 0 Å². The minimum atomic E-state index is -0.732. The van der Waals surface area contributed by atoms with Crippen LogP contribution in [0.4, 0.5) is 0 Å². The lowest BCUT2D eigenvalue weighted by atomic mass is 9.89. The van der Waals surface area contributed by atoms with Gasteiger partial charge in [-0.3, -0.25) is 9.59 Å². The molecule has 2 N–H and O–H groups in total. The highest BCUT2D eigenvalue weighted by Crippen LogP contribution is 2.19. The Balaban J connectivity index is 3.93. The second-order valence-electron chi connectivity index (χ2n) is 6.73. The lowest BCUT2D eigenvalue weighted by Gasteiger charge is -2.30. The summed E-state index contributed by atoms with van der Waals surface area (Å²) in [5.74, 6) is -0.629. The number of carbonyl (C=O) groups is 2. The van der Waals surface area contributed by atoms with E-state index in [2.05, 4.69) is 19.4 Å². The van der Waals surface area contributed by atoms with Gasteiger partial charge in [-0.1, -0.05) is 20.8 Å². The normalized spacial score (nSPS) is 12.2. The minimum Gasteiger partial charge on any atom is -0.481 e. The third-order valence-corrected chi connectivity index (χ3v) is 3.91. The lowest BCUT2D eigenvalue weighted by Crippen LogP contribution is -2.47. The average molecular weight is 287 g/mol. The topological polar surface area (TPSA) is 66.4 Å². The third kappa shape index (κ3) is 8.15. The molecule has 0 saturated carbocycles.